The van der Waals surface area contributed by atoms with Crippen LogP contribution in [0.2, 0.25) is 0 Å². The Kier molecular flexibility index (Phi) is 4.46. The van der Waals surface area contributed by atoms with E-state index in [0.29, 0.717) is 36.8 Å². The minimum absolute atomic E-state index is 0.00542. The number of thioether (sulfide) groups is 1. The number of amides is 1. The van der Waals surface area contributed by atoms with E-state index in [9.17, 15) is 9.59 Å². The summed E-state index contributed by atoms with van der Waals surface area (Å²) in [4.78, 5) is 29.4. The Morgan fingerprint density at radius 1 is 1.41 bits per heavy atom. The number of hydrogen-bond donors (Lipinski definition) is 1. The van der Waals surface area contributed by atoms with Gasteiger partial charge in [-0.2, -0.15) is 0 Å². The highest BCUT2D eigenvalue weighted by atomic mass is 32.2. The number of rotatable bonds is 8. The number of ketones is 1. The lowest BCUT2D eigenvalue weighted by Crippen LogP contribution is -2.27. The lowest BCUT2D eigenvalue weighted by atomic mass is 9.96. The van der Waals surface area contributed by atoms with Gasteiger partial charge in [-0.3, -0.25) is 9.59 Å². The van der Waals surface area contributed by atoms with Gasteiger partial charge in [-0.1, -0.05) is 11.8 Å². The van der Waals surface area contributed by atoms with Crippen molar-refractivity contribution < 1.29 is 19.1 Å². The van der Waals surface area contributed by atoms with Crippen LogP contribution in [-0.4, -0.2) is 42.9 Å². The summed E-state index contributed by atoms with van der Waals surface area (Å²) in [6.45, 7) is 1.15. The normalized spacial score (nSPS) is 30.3. The van der Waals surface area contributed by atoms with Crippen molar-refractivity contribution in [3.05, 3.63) is 18.2 Å². The maximum absolute atomic E-state index is 12.7. The second-order valence-electron chi connectivity index (χ2n) is 7.35. The van der Waals surface area contributed by atoms with E-state index >= 15 is 0 Å². The number of benzene rings is 1. The molecule has 2 aromatic rings. The van der Waals surface area contributed by atoms with Gasteiger partial charge in [0.05, 0.1) is 35.3 Å². The fourth-order valence-electron chi connectivity index (χ4n) is 4.76. The summed E-state index contributed by atoms with van der Waals surface area (Å²) in [5.41, 5.74) is 1.69. The minimum Gasteiger partial charge on any atom is -0.382 e. The van der Waals surface area contributed by atoms with E-state index in [1.807, 2.05) is 18.2 Å². The van der Waals surface area contributed by atoms with Gasteiger partial charge in [-0.15, -0.1) is 11.3 Å². The Hall–Kier alpha value is -1.48. The summed E-state index contributed by atoms with van der Waals surface area (Å²) in [5, 5.41) is 3.03. The summed E-state index contributed by atoms with van der Waals surface area (Å²) in [6, 6.07) is 5.78. The van der Waals surface area contributed by atoms with Crippen molar-refractivity contribution >= 4 is 50.7 Å². The molecule has 0 radical (unpaired) electrons. The molecule has 5 unspecified atom stereocenters. The zero-order valence-electron chi connectivity index (χ0n) is 14.8. The number of ether oxygens (including phenoxy) is 2. The molecule has 0 saturated heterocycles. The first kappa shape index (κ1) is 17.6. The lowest BCUT2D eigenvalue weighted by molar-refractivity contribution is -0.126. The Balaban J connectivity index is 1.22. The van der Waals surface area contributed by atoms with E-state index in [1.165, 1.54) is 0 Å². The highest BCUT2D eigenvalue weighted by Crippen LogP contribution is 2.71. The molecule has 4 saturated carbocycles. The van der Waals surface area contributed by atoms with Crippen LogP contribution in [0.25, 0.3) is 10.2 Å². The number of fused-ring (bicyclic) bond motifs is 1. The van der Waals surface area contributed by atoms with Crippen LogP contribution in [0.5, 0.6) is 0 Å². The molecule has 1 heterocycles. The zero-order valence-corrected chi connectivity index (χ0v) is 16.5. The highest BCUT2D eigenvalue weighted by Gasteiger charge is 2.75. The summed E-state index contributed by atoms with van der Waals surface area (Å²) in [5.74, 6) is 1.73. The van der Waals surface area contributed by atoms with Crippen LogP contribution in [0.3, 0.4) is 0 Å². The van der Waals surface area contributed by atoms with Crippen molar-refractivity contribution in [1.29, 1.82) is 0 Å². The predicted octanol–water partition coefficient (Wildman–Crippen LogP) is 3.03. The molecule has 1 N–H and O–H groups in total. The number of carbonyl (C=O) groups excluding carboxylic acids is 2. The fourth-order valence-corrected chi connectivity index (χ4v) is 6.61. The summed E-state index contributed by atoms with van der Waals surface area (Å²) < 4.78 is 12.4. The number of carbonyl (C=O) groups is 2. The van der Waals surface area contributed by atoms with Crippen LogP contribution < -0.4 is 5.32 Å². The molecule has 1 aromatic carbocycles. The van der Waals surface area contributed by atoms with Gasteiger partial charge in [0, 0.05) is 24.6 Å². The zero-order chi connectivity index (χ0) is 18.5. The third kappa shape index (κ3) is 2.99. The molecule has 8 heteroatoms. The van der Waals surface area contributed by atoms with Crippen LogP contribution >= 0.6 is 23.1 Å². The number of anilines is 1. The first-order valence-corrected chi connectivity index (χ1v) is 10.9. The Morgan fingerprint density at radius 2 is 2.30 bits per heavy atom. The van der Waals surface area contributed by atoms with Gasteiger partial charge in [0.15, 0.2) is 4.34 Å². The van der Waals surface area contributed by atoms with Crippen molar-refractivity contribution in [3.8, 4) is 0 Å². The molecule has 5 atom stereocenters. The Labute approximate surface area is 165 Å². The van der Waals surface area contributed by atoms with Crippen LogP contribution in [0.1, 0.15) is 6.42 Å². The van der Waals surface area contributed by atoms with Gasteiger partial charge in [-0.25, -0.2) is 4.98 Å². The minimum atomic E-state index is -0.111. The molecule has 1 aromatic heterocycles. The van der Waals surface area contributed by atoms with Crippen molar-refractivity contribution in [2.45, 2.75) is 10.8 Å². The van der Waals surface area contributed by atoms with Crippen molar-refractivity contribution in [3.63, 3.8) is 0 Å². The third-order valence-electron chi connectivity index (χ3n) is 5.93. The molecule has 6 rings (SSSR count). The molecule has 6 nitrogen and oxygen atoms in total. The number of methoxy groups -OCH3 is 1. The maximum atomic E-state index is 12.7. The largest absolute Gasteiger partial charge is 0.382 e. The van der Waals surface area contributed by atoms with Gasteiger partial charge >= 0.3 is 0 Å². The average Bonchev–Trinajstić information content (AvgIpc) is 3.02. The quantitative estimate of drug-likeness (QED) is 0.414. The van der Waals surface area contributed by atoms with Gasteiger partial charge < -0.3 is 14.8 Å². The summed E-state index contributed by atoms with van der Waals surface area (Å²) in [7, 11) is 1.65. The van der Waals surface area contributed by atoms with Gasteiger partial charge in [0.1, 0.15) is 5.78 Å². The van der Waals surface area contributed by atoms with E-state index in [4.69, 9.17) is 9.47 Å². The molecule has 4 aliphatic rings. The van der Waals surface area contributed by atoms with Crippen molar-refractivity contribution in [2.24, 2.45) is 29.6 Å². The first-order valence-electron chi connectivity index (χ1n) is 9.12. The number of Topliss-reactive ketones (excluding diaryl/α,β-unsaturated/α-hetero) is 1. The molecule has 1 amide bonds. The first-order chi connectivity index (χ1) is 13.2. The lowest BCUT2D eigenvalue weighted by Gasteiger charge is -2.13. The molecule has 142 valence electrons. The monoisotopic (exact) mass is 404 g/mol. The van der Waals surface area contributed by atoms with E-state index in [2.05, 4.69) is 10.3 Å². The smallest absolute Gasteiger partial charge is 0.228 e. The molecular weight excluding hydrogens is 384 g/mol. The second-order valence-corrected chi connectivity index (χ2v) is 9.55. The number of aromatic nitrogens is 1. The topological polar surface area (TPSA) is 77.5 Å². The van der Waals surface area contributed by atoms with Crippen LogP contribution in [0.15, 0.2) is 22.5 Å². The standard InChI is InChI=1S/C19H20N2O4S2/c1-24-4-5-25-8-26-19-21-12-3-2-9(6-13(12)27-19)20-18(23)16-11-7-10-14(16)15(10)17(11)22/h2-3,6,10-11,14-16H,4-5,7-8H2,1H3,(H,20,23). The number of nitrogens with zero attached hydrogens (tertiary/aromatic N) is 1. The second kappa shape index (κ2) is 6.84. The van der Waals surface area contributed by atoms with E-state index in [1.54, 1.807) is 30.2 Å². The molecule has 27 heavy (non-hydrogen) atoms. The van der Waals surface area contributed by atoms with E-state index in [-0.39, 0.29) is 23.7 Å². The van der Waals surface area contributed by atoms with Gasteiger partial charge in [0.2, 0.25) is 5.91 Å². The predicted molar refractivity (Wildman–Crippen MR) is 104 cm³/mol. The maximum Gasteiger partial charge on any atom is 0.228 e. The van der Waals surface area contributed by atoms with E-state index in [0.717, 1.165) is 26.7 Å². The molecule has 4 bridgehead atoms. The van der Waals surface area contributed by atoms with Crippen LogP contribution in [-0.2, 0) is 19.1 Å². The van der Waals surface area contributed by atoms with Gasteiger partial charge in [0.25, 0.3) is 0 Å². The molecular formula is C19H20N2O4S2. The van der Waals surface area contributed by atoms with Crippen LogP contribution in [0.4, 0.5) is 5.69 Å². The molecule has 0 spiro atoms. The SMILES string of the molecule is COCCOCSc1nc2ccc(NC(=O)C3C4CC5C(C4=O)C53)cc2s1. The number of thiazole rings is 1. The third-order valence-corrected chi connectivity index (χ3v) is 7.97. The number of hydrogen-bond acceptors (Lipinski definition) is 7. The fraction of sp³-hybridized carbons (Fsp3) is 0.526. The molecule has 4 aliphatic carbocycles. The van der Waals surface area contributed by atoms with Crippen molar-refractivity contribution in [1.82, 2.24) is 4.98 Å². The Bertz CT molecular complexity index is 914. The van der Waals surface area contributed by atoms with E-state index < -0.39 is 0 Å². The Morgan fingerprint density at radius 3 is 3.00 bits per heavy atom. The van der Waals surface area contributed by atoms with Crippen LogP contribution in [0, 0.1) is 29.6 Å². The molecule has 0 aliphatic heterocycles. The number of nitrogens with one attached hydrogen (secondary N) is 1. The molecule has 4 fully saturated rings. The van der Waals surface area contributed by atoms with Crippen molar-refractivity contribution in [2.75, 3.05) is 31.6 Å². The average molecular weight is 405 g/mol. The summed E-state index contributed by atoms with van der Waals surface area (Å²) in [6.07, 6.45) is 0.924. The van der Waals surface area contributed by atoms with Gasteiger partial charge in [-0.05, 0) is 36.5 Å². The highest BCUT2D eigenvalue weighted by molar-refractivity contribution is 8.01. The summed E-state index contributed by atoms with van der Waals surface area (Å²) >= 11 is 3.14.